The first-order chi connectivity index (χ1) is 18.2. The van der Waals surface area contributed by atoms with Crippen molar-refractivity contribution in [1.82, 2.24) is 15.5 Å². The minimum Gasteiger partial charge on any atom is -0.462 e. The molecular weight excluding hydrogens is 521 g/mol. The van der Waals surface area contributed by atoms with Gasteiger partial charge in [-0.15, -0.1) is 0 Å². The van der Waals surface area contributed by atoms with E-state index in [1.165, 1.54) is 43.0 Å². The lowest BCUT2D eigenvalue weighted by atomic mass is 9.98. The highest BCUT2D eigenvalue weighted by Gasteiger charge is 2.46. The molecule has 0 radical (unpaired) electrons. The molecule has 1 aromatic rings. The largest absolute Gasteiger partial charge is 0.462 e. The van der Waals surface area contributed by atoms with E-state index in [1.54, 1.807) is 20.8 Å². The Labute approximate surface area is 225 Å². The van der Waals surface area contributed by atoms with Gasteiger partial charge in [0.05, 0.1) is 18.2 Å². The summed E-state index contributed by atoms with van der Waals surface area (Å²) < 4.78 is 44.0. The van der Waals surface area contributed by atoms with E-state index in [4.69, 9.17) is 4.74 Å². The van der Waals surface area contributed by atoms with E-state index in [0.717, 1.165) is 0 Å². The zero-order chi connectivity index (χ0) is 29.5. The normalized spacial score (nSPS) is 17.0. The van der Waals surface area contributed by atoms with E-state index in [2.05, 4.69) is 16.0 Å². The second-order valence-electron chi connectivity index (χ2n) is 9.90. The summed E-state index contributed by atoms with van der Waals surface area (Å²) in [4.78, 5) is 63.8. The number of anilines is 1. The predicted molar refractivity (Wildman–Crippen MR) is 136 cm³/mol. The molecule has 2 rings (SSSR count). The van der Waals surface area contributed by atoms with Crippen molar-refractivity contribution >= 4 is 35.3 Å². The fourth-order valence-electron chi connectivity index (χ4n) is 4.17. The maximum Gasteiger partial charge on any atom is 0.452 e. The maximum atomic E-state index is 13.4. The zero-order valence-corrected chi connectivity index (χ0v) is 22.6. The van der Waals surface area contributed by atoms with Crippen LogP contribution in [0.3, 0.4) is 0 Å². The van der Waals surface area contributed by atoms with E-state index < -0.39 is 65.7 Å². The van der Waals surface area contributed by atoms with Crippen molar-refractivity contribution in [3.05, 3.63) is 29.8 Å². The van der Waals surface area contributed by atoms with Crippen LogP contribution in [0.4, 0.5) is 23.7 Å². The number of rotatable bonds is 10. The molecular formula is C26H35F3N4O6. The first-order valence-corrected chi connectivity index (χ1v) is 12.7. The molecule has 1 fully saturated rings. The third-order valence-electron chi connectivity index (χ3n) is 6.24. The van der Waals surface area contributed by atoms with Gasteiger partial charge >= 0.3 is 18.2 Å². The minimum absolute atomic E-state index is 0.165. The number of ether oxygens (including phenoxy) is 1. The summed E-state index contributed by atoms with van der Waals surface area (Å²) in [5, 5.41) is 7.34. The average molecular weight is 557 g/mol. The molecule has 13 heteroatoms. The molecule has 1 aliphatic heterocycles. The number of nitrogens with zero attached hydrogens (tertiary/aromatic N) is 1. The van der Waals surface area contributed by atoms with Gasteiger partial charge in [-0.05, 0) is 55.9 Å². The summed E-state index contributed by atoms with van der Waals surface area (Å²) in [6, 6.07) is 1.31. The Balaban J connectivity index is 2.10. The van der Waals surface area contributed by atoms with E-state index in [1.807, 2.05) is 0 Å². The van der Waals surface area contributed by atoms with Crippen molar-refractivity contribution in [3.8, 4) is 0 Å². The Morgan fingerprint density at radius 2 is 1.56 bits per heavy atom. The molecule has 0 saturated carbocycles. The zero-order valence-electron chi connectivity index (χ0n) is 22.6. The Bertz CT molecular complexity index is 1060. The fraction of sp³-hybridized carbons (Fsp3) is 0.577. The molecule has 39 heavy (non-hydrogen) atoms. The summed E-state index contributed by atoms with van der Waals surface area (Å²) in [7, 11) is 0. The lowest BCUT2D eigenvalue weighted by Gasteiger charge is -2.31. The van der Waals surface area contributed by atoms with Crippen molar-refractivity contribution in [1.29, 1.82) is 0 Å². The molecule has 0 bridgehead atoms. The Hall–Kier alpha value is -3.64. The van der Waals surface area contributed by atoms with Gasteiger partial charge < -0.3 is 25.6 Å². The molecule has 1 aromatic carbocycles. The van der Waals surface area contributed by atoms with Crippen LogP contribution < -0.4 is 16.0 Å². The molecule has 1 aliphatic rings. The number of alkyl halides is 3. The maximum absolute atomic E-state index is 13.4. The molecule has 0 aromatic heterocycles. The van der Waals surface area contributed by atoms with Gasteiger partial charge in [0.25, 0.3) is 5.78 Å². The number of ketones is 1. The van der Waals surface area contributed by atoms with Gasteiger partial charge in [-0.25, -0.2) is 9.59 Å². The predicted octanol–water partition coefficient (Wildman–Crippen LogP) is 3.27. The molecule has 10 nitrogen and oxygen atoms in total. The van der Waals surface area contributed by atoms with Gasteiger partial charge in [0.15, 0.2) is 0 Å². The molecule has 0 spiro atoms. The van der Waals surface area contributed by atoms with Crippen LogP contribution >= 0.6 is 0 Å². The van der Waals surface area contributed by atoms with Crippen LogP contribution in [-0.2, 0) is 19.1 Å². The second kappa shape index (κ2) is 13.4. The number of Topliss-reactive ketones (excluding diaryl/α,β-unsaturated/α-hetero) is 1. The van der Waals surface area contributed by atoms with Crippen LogP contribution in [0.15, 0.2) is 24.3 Å². The second-order valence-corrected chi connectivity index (χ2v) is 9.90. The quantitative estimate of drug-likeness (QED) is 0.379. The third kappa shape index (κ3) is 8.42. The van der Waals surface area contributed by atoms with Crippen LogP contribution in [0.5, 0.6) is 0 Å². The van der Waals surface area contributed by atoms with Crippen LogP contribution in [0.1, 0.15) is 57.8 Å². The van der Waals surface area contributed by atoms with Gasteiger partial charge in [-0.1, -0.05) is 27.7 Å². The number of carbonyl (C=O) groups excluding carboxylic acids is 5. The van der Waals surface area contributed by atoms with Crippen molar-refractivity contribution in [3.63, 3.8) is 0 Å². The highest BCUT2D eigenvalue weighted by atomic mass is 19.4. The number of hydrogen-bond donors (Lipinski definition) is 3. The van der Waals surface area contributed by atoms with E-state index in [9.17, 15) is 37.1 Å². The summed E-state index contributed by atoms with van der Waals surface area (Å²) in [6.45, 7) is 8.21. The molecule has 1 unspecified atom stereocenters. The van der Waals surface area contributed by atoms with E-state index in [0.29, 0.717) is 17.7 Å². The summed E-state index contributed by atoms with van der Waals surface area (Å²) in [5.41, 5.74) is 0.649. The monoisotopic (exact) mass is 556 g/mol. The van der Waals surface area contributed by atoms with Crippen LogP contribution in [-0.4, -0.2) is 72.0 Å². The number of nitrogens with one attached hydrogen (secondary N) is 3. The van der Waals surface area contributed by atoms with E-state index >= 15 is 0 Å². The van der Waals surface area contributed by atoms with Crippen LogP contribution in [0, 0.1) is 11.8 Å². The number of halogens is 3. The number of likely N-dealkylation sites (tertiary alicyclic amines) is 1. The molecule has 4 amide bonds. The number of amides is 4. The highest BCUT2D eigenvalue weighted by Crippen LogP contribution is 2.24. The van der Waals surface area contributed by atoms with Gasteiger partial charge in [0.2, 0.25) is 11.8 Å². The Kier molecular flexibility index (Phi) is 10.9. The van der Waals surface area contributed by atoms with Gasteiger partial charge in [-0.3, -0.25) is 14.4 Å². The fourth-order valence-corrected chi connectivity index (χ4v) is 4.17. The third-order valence-corrected chi connectivity index (χ3v) is 6.24. The molecule has 3 atom stereocenters. The molecule has 0 aliphatic carbocycles. The SMILES string of the molecule is CCOC(=O)c1ccc(NC(=O)N[C@H](C(=O)N2CCC[C@H]2C(=O)NC(C(=O)C(F)(F)F)C(C)C)C(C)C)cc1. The first-order valence-electron chi connectivity index (χ1n) is 12.7. The van der Waals surface area contributed by atoms with Crippen molar-refractivity contribution in [2.45, 2.75) is 71.8 Å². The number of hydrogen-bond acceptors (Lipinski definition) is 6. The number of benzene rings is 1. The standard InChI is InChI=1S/C26H35F3N4O6/c1-6-39-24(37)16-9-11-17(12-10-16)30-25(38)32-20(15(4)5)23(36)33-13-7-8-18(33)22(35)31-19(14(2)3)21(34)26(27,28)29/h9-12,14-15,18-20H,6-8,13H2,1-5H3,(H,31,35)(H2,30,32,38)/t18-,19?,20-/m0/s1. The minimum atomic E-state index is -5.12. The molecule has 216 valence electrons. The average Bonchev–Trinajstić information content (AvgIpc) is 3.35. The molecule has 3 N–H and O–H groups in total. The Morgan fingerprint density at radius 3 is 2.08 bits per heavy atom. The van der Waals surface area contributed by atoms with Crippen molar-refractivity contribution < 1.29 is 41.9 Å². The van der Waals surface area contributed by atoms with Gasteiger partial charge in [0, 0.05) is 12.2 Å². The number of urea groups is 1. The summed E-state index contributed by atoms with van der Waals surface area (Å²) in [5.74, 6) is -5.21. The lowest BCUT2D eigenvalue weighted by Crippen LogP contribution is -2.58. The number of esters is 1. The van der Waals surface area contributed by atoms with Gasteiger partial charge in [0.1, 0.15) is 12.1 Å². The number of carbonyl (C=O) groups is 5. The Morgan fingerprint density at radius 1 is 0.974 bits per heavy atom. The highest BCUT2D eigenvalue weighted by molar-refractivity contribution is 5.98. The van der Waals surface area contributed by atoms with Crippen molar-refractivity contribution in [2.75, 3.05) is 18.5 Å². The van der Waals surface area contributed by atoms with Crippen LogP contribution in [0.25, 0.3) is 0 Å². The topological polar surface area (TPSA) is 134 Å². The molecule has 1 saturated heterocycles. The van der Waals surface area contributed by atoms with Crippen LogP contribution in [0.2, 0.25) is 0 Å². The summed E-state index contributed by atoms with van der Waals surface area (Å²) >= 11 is 0. The van der Waals surface area contributed by atoms with Gasteiger partial charge in [-0.2, -0.15) is 13.2 Å². The van der Waals surface area contributed by atoms with Crippen molar-refractivity contribution in [2.24, 2.45) is 11.8 Å². The first kappa shape index (κ1) is 31.6. The summed E-state index contributed by atoms with van der Waals surface area (Å²) in [6.07, 6.45) is -4.49. The lowest BCUT2D eigenvalue weighted by molar-refractivity contribution is -0.175. The molecule has 1 heterocycles. The van der Waals surface area contributed by atoms with E-state index in [-0.39, 0.29) is 19.6 Å². The smallest absolute Gasteiger partial charge is 0.452 e.